The molecule has 9 rings (SSSR count). The molecule has 43 heavy (non-hydrogen) atoms. The second-order valence-corrected chi connectivity index (χ2v) is 10.7. The third-order valence-electron chi connectivity index (χ3n) is 7.66. The van der Waals surface area contributed by atoms with Crippen LogP contribution in [0.4, 0.5) is 0 Å². The highest BCUT2D eigenvalue weighted by molar-refractivity contribution is 6.07. The normalized spacial score (nSPS) is 12.2. The van der Waals surface area contributed by atoms with Crippen molar-refractivity contribution in [1.82, 2.24) is 24.9 Å². The highest BCUT2D eigenvalue weighted by atomic mass is 14.8. The maximum absolute atomic E-state index is 4.90. The maximum atomic E-state index is 4.90. The number of H-pyrrole nitrogens is 3. The Morgan fingerprint density at radius 1 is 0.419 bits per heavy atom. The van der Waals surface area contributed by atoms with Crippen molar-refractivity contribution in [1.29, 1.82) is 0 Å². The minimum atomic E-state index is 0.899. The largest absolute Gasteiger partial charge is 0.355 e. The van der Waals surface area contributed by atoms with Crippen LogP contribution < -0.4 is 0 Å². The van der Waals surface area contributed by atoms with Crippen LogP contribution in [0.5, 0.6) is 0 Å². The quantitative estimate of drug-likeness (QED) is 0.189. The van der Waals surface area contributed by atoms with Gasteiger partial charge in [0.1, 0.15) is 0 Å². The first kappa shape index (κ1) is 24.8. The molecular formula is C38H27N5. The van der Waals surface area contributed by atoms with Gasteiger partial charge in [-0.1, -0.05) is 66.7 Å². The van der Waals surface area contributed by atoms with E-state index in [-0.39, 0.29) is 0 Å². The maximum Gasteiger partial charge on any atom is 0.0737 e. The molecule has 8 bridgehead atoms. The van der Waals surface area contributed by atoms with Gasteiger partial charge in [-0.25, -0.2) is 9.97 Å². The van der Waals surface area contributed by atoms with Crippen LogP contribution in [0.2, 0.25) is 0 Å². The van der Waals surface area contributed by atoms with Gasteiger partial charge in [0.15, 0.2) is 0 Å². The van der Waals surface area contributed by atoms with E-state index in [9.17, 15) is 0 Å². The molecule has 5 heteroatoms. The van der Waals surface area contributed by atoms with Crippen molar-refractivity contribution in [2.75, 3.05) is 0 Å². The fraction of sp³-hybridized carbons (Fsp3) is 0. The summed E-state index contributed by atoms with van der Waals surface area (Å²) in [6, 6.07) is 43.7. The van der Waals surface area contributed by atoms with E-state index < -0.39 is 0 Å². The molecule has 7 aromatic rings. The summed E-state index contributed by atoms with van der Waals surface area (Å²) < 4.78 is 0. The molecule has 6 heterocycles. The van der Waals surface area contributed by atoms with Crippen LogP contribution in [0.1, 0.15) is 28.3 Å². The van der Waals surface area contributed by atoms with Crippen LogP contribution in [0, 0.1) is 0 Å². The number of nitrogens with one attached hydrogen (secondary N) is 3. The summed E-state index contributed by atoms with van der Waals surface area (Å²) in [5, 5.41) is 2.61. The molecule has 3 N–H and O–H groups in total. The van der Waals surface area contributed by atoms with Crippen LogP contribution in [0.3, 0.4) is 0 Å². The SMILES string of the molecule is C1=Cc2cc3ccc(cc4ccc(cc5nc(cc1n2)C(c1ccccc1)=C5)[nH]4)[nH]3.c1ccc2c(c1)[nH]c1ccccc12. The summed E-state index contributed by atoms with van der Waals surface area (Å²) >= 11 is 0. The average molecular weight is 554 g/mol. The predicted molar refractivity (Wildman–Crippen MR) is 179 cm³/mol. The van der Waals surface area contributed by atoms with Crippen molar-refractivity contribution in [2.45, 2.75) is 0 Å². The van der Waals surface area contributed by atoms with Gasteiger partial charge in [-0.3, -0.25) is 0 Å². The summed E-state index contributed by atoms with van der Waals surface area (Å²) in [6.45, 7) is 0. The van der Waals surface area contributed by atoms with Gasteiger partial charge < -0.3 is 15.0 Å². The fourth-order valence-electron chi connectivity index (χ4n) is 5.66. The van der Waals surface area contributed by atoms with Crippen molar-refractivity contribution in [2.24, 2.45) is 0 Å². The smallest absolute Gasteiger partial charge is 0.0737 e. The van der Waals surface area contributed by atoms with Crippen LogP contribution in [-0.2, 0) is 0 Å². The van der Waals surface area contributed by atoms with E-state index in [0.717, 1.165) is 56.0 Å². The van der Waals surface area contributed by atoms with E-state index in [0.29, 0.717) is 0 Å². The van der Waals surface area contributed by atoms with Gasteiger partial charge in [0.2, 0.25) is 0 Å². The fourth-order valence-corrected chi connectivity index (χ4v) is 5.66. The Labute approximate surface area is 247 Å². The molecule has 3 aromatic carbocycles. The van der Waals surface area contributed by atoms with Crippen LogP contribution in [0.25, 0.3) is 67.7 Å². The number of para-hydroxylation sites is 2. The minimum absolute atomic E-state index is 0.899. The van der Waals surface area contributed by atoms with Crippen molar-refractivity contribution in [3.05, 3.63) is 156 Å². The van der Waals surface area contributed by atoms with Crippen molar-refractivity contribution in [3.8, 4) is 0 Å². The topological polar surface area (TPSA) is 73.2 Å². The van der Waals surface area contributed by atoms with E-state index in [4.69, 9.17) is 9.97 Å². The monoisotopic (exact) mass is 553 g/mol. The molecule has 0 atom stereocenters. The van der Waals surface area contributed by atoms with Gasteiger partial charge in [-0.15, -0.1) is 0 Å². The van der Waals surface area contributed by atoms with Crippen LogP contribution >= 0.6 is 0 Å². The number of hydrogen-bond donors (Lipinski definition) is 3. The molecule has 0 saturated heterocycles. The lowest BCUT2D eigenvalue weighted by molar-refractivity contribution is 1.27. The molecule has 0 aliphatic carbocycles. The molecule has 2 aliphatic rings. The number of rotatable bonds is 1. The van der Waals surface area contributed by atoms with E-state index >= 15 is 0 Å². The van der Waals surface area contributed by atoms with Gasteiger partial charge in [-0.05, 0) is 84.5 Å². The second-order valence-electron chi connectivity index (χ2n) is 10.7. The zero-order valence-electron chi connectivity index (χ0n) is 23.3. The van der Waals surface area contributed by atoms with Gasteiger partial charge >= 0.3 is 0 Å². The summed E-state index contributed by atoms with van der Waals surface area (Å²) in [5.74, 6) is 0. The lowest BCUT2D eigenvalue weighted by atomic mass is 10.0. The first-order chi connectivity index (χ1) is 21.2. The molecule has 5 nitrogen and oxygen atoms in total. The number of hydrogen-bond acceptors (Lipinski definition) is 2. The average Bonchev–Trinajstić information content (AvgIpc) is 3.87. The Morgan fingerprint density at radius 3 is 1.60 bits per heavy atom. The molecule has 0 saturated carbocycles. The molecule has 204 valence electrons. The number of nitrogens with zero attached hydrogens (tertiary/aromatic N) is 2. The highest BCUT2D eigenvalue weighted by Crippen LogP contribution is 2.29. The number of aromatic nitrogens is 5. The lowest BCUT2D eigenvalue weighted by Gasteiger charge is -2.01. The van der Waals surface area contributed by atoms with Crippen LogP contribution in [0.15, 0.2) is 127 Å². The Morgan fingerprint density at radius 2 is 0.953 bits per heavy atom. The second kappa shape index (κ2) is 10.5. The van der Waals surface area contributed by atoms with E-state index in [2.05, 4.69) is 142 Å². The predicted octanol–water partition coefficient (Wildman–Crippen LogP) is 9.40. The van der Waals surface area contributed by atoms with E-state index in [1.54, 1.807) is 0 Å². The minimum Gasteiger partial charge on any atom is -0.355 e. The molecule has 0 fully saturated rings. The van der Waals surface area contributed by atoms with E-state index in [1.165, 1.54) is 21.8 Å². The molecular weight excluding hydrogens is 526 g/mol. The molecule has 0 unspecified atom stereocenters. The molecule has 0 radical (unpaired) electrons. The Kier molecular flexibility index (Phi) is 6.05. The third kappa shape index (κ3) is 5.04. The van der Waals surface area contributed by atoms with Gasteiger partial charge in [-0.2, -0.15) is 0 Å². The third-order valence-corrected chi connectivity index (χ3v) is 7.66. The number of benzene rings is 3. The van der Waals surface area contributed by atoms with Gasteiger partial charge in [0, 0.05) is 49.4 Å². The Bertz CT molecular complexity index is 2300. The zero-order chi connectivity index (χ0) is 28.6. The van der Waals surface area contributed by atoms with E-state index in [1.807, 2.05) is 18.2 Å². The number of aromatic amines is 3. The summed E-state index contributed by atoms with van der Waals surface area (Å²) in [6.07, 6.45) is 6.20. The first-order valence-electron chi connectivity index (χ1n) is 14.3. The Balaban J connectivity index is 0.000000177. The summed E-state index contributed by atoms with van der Waals surface area (Å²) in [4.78, 5) is 19.9. The number of fused-ring (bicyclic) bond motifs is 11. The first-order valence-corrected chi connectivity index (χ1v) is 14.3. The van der Waals surface area contributed by atoms with Crippen LogP contribution in [-0.4, -0.2) is 24.9 Å². The molecule has 0 amide bonds. The molecule has 4 aromatic heterocycles. The van der Waals surface area contributed by atoms with Gasteiger partial charge in [0.05, 0.1) is 22.8 Å². The summed E-state index contributed by atoms with van der Waals surface area (Å²) in [5.41, 5.74) is 12.5. The van der Waals surface area contributed by atoms with Crippen molar-refractivity contribution < 1.29 is 0 Å². The Hall–Kier alpha value is -5.94. The standard InChI is InChI=1S/C26H18N4.C12H9N/c1-2-4-17(5-3-1)25-15-24-14-22-9-8-20(28-22)12-18-6-7-19(27-18)13-21-10-11-23(29-21)16-26(25)30-24;1-3-7-11-9(5-1)10-6-2-4-8-12(10)13-11/h1-16,27-28H;1-8,13H. The molecule has 0 spiro atoms. The lowest BCUT2D eigenvalue weighted by Crippen LogP contribution is -1.85. The van der Waals surface area contributed by atoms with Gasteiger partial charge in [0.25, 0.3) is 0 Å². The molecule has 2 aliphatic heterocycles. The summed E-state index contributed by atoms with van der Waals surface area (Å²) in [7, 11) is 0. The zero-order valence-corrected chi connectivity index (χ0v) is 23.3. The van der Waals surface area contributed by atoms with Crippen molar-refractivity contribution >= 4 is 67.7 Å². The van der Waals surface area contributed by atoms with Crippen molar-refractivity contribution in [3.63, 3.8) is 0 Å². The highest BCUT2D eigenvalue weighted by Gasteiger charge is 2.13.